The maximum absolute atomic E-state index is 5.41. The Labute approximate surface area is 103 Å². The molecule has 0 aromatic heterocycles. The van der Waals surface area contributed by atoms with E-state index in [1.54, 1.807) is 7.11 Å². The van der Waals surface area contributed by atoms with Crippen LogP contribution in [0.2, 0.25) is 0 Å². The second-order valence-electron chi connectivity index (χ2n) is 5.18. The molecule has 0 aliphatic carbocycles. The summed E-state index contributed by atoms with van der Waals surface area (Å²) in [6.45, 7) is 5.89. The Balaban J connectivity index is 1.67. The van der Waals surface area contributed by atoms with Crippen LogP contribution in [0, 0.1) is 11.8 Å². The number of nitrogens with zero attached hydrogens (tertiary/aromatic N) is 1. The molecule has 17 heavy (non-hydrogen) atoms. The van der Waals surface area contributed by atoms with Crippen LogP contribution in [0.1, 0.15) is 5.56 Å². The van der Waals surface area contributed by atoms with Crippen LogP contribution in [-0.2, 0) is 6.54 Å². The summed E-state index contributed by atoms with van der Waals surface area (Å²) < 4.78 is 5.41. The van der Waals surface area contributed by atoms with E-state index in [0.717, 1.165) is 24.1 Å². The molecule has 3 rings (SSSR count). The lowest BCUT2D eigenvalue weighted by Gasteiger charge is -2.18. The van der Waals surface area contributed by atoms with Gasteiger partial charge in [0.25, 0.3) is 0 Å². The van der Waals surface area contributed by atoms with Crippen LogP contribution in [0.5, 0.6) is 5.75 Å². The Morgan fingerprint density at radius 3 is 2.65 bits per heavy atom. The Morgan fingerprint density at radius 2 is 1.94 bits per heavy atom. The molecule has 0 spiro atoms. The molecule has 2 atom stereocenters. The summed E-state index contributed by atoms with van der Waals surface area (Å²) in [4.78, 5) is 2.56. The van der Waals surface area contributed by atoms with Gasteiger partial charge in [-0.3, -0.25) is 4.90 Å². The van der Waals surface area contributed by atoms with Gasteiger partial charge in [0.1, 0.15) is 5.75 Å². The first-order chi connectivity index (χ1) is 8.36. The van der Waals surface area contributed by atoms with E-state index in [1.807, 2.05) is 12.1 Å². The Kier molecular flexibility index (Phi) is 3.04. The zero-order valence-corrected chi connectivity index (χ0v) is 10.4. The summed E-state index contributed by atoms with van der Waals surface area (Å²) in [5, 5.41) is 3.48. The highest BCUT2D eigenvalue weighted by Gasteiger charge is 2.35. The average Bonchev–Trinajstić information content (AvgIpc) is 2.90. The third kappa shape index (κ3) is 2.17. The van der Waals surface area contributed by atoms with E-state index in [1.165, 1.54) is 31.7 Å². The maximum atomic E-state index is 5.41. The number of nitrogens with one attached hydrogen (secondary N) is 1. The normalized spacial score (nSPS) is 28.3. The Hall–Kier alpha value is -1.06. The molecule has 1 aromatic carbocycles. The third-order valence-electron chi connectivity index (χ3n) is 4.05. The van der Waals surface area contributed by atoms with Crippen molar-refractivity contribution < 1.29 is 4.74 Å². The van der Waals surface area contributed by atoms with E-state index >= 15 is 0 Å². The first kappa shape index (κ1) is 11.1. The highest BCUT2D eigenvalue weighted by molar-refractivity contribution is 5.33. The summed E-state index contributed by atoms with van der Waals surface area (Å²) in [5.74, 6) is 2.75. The van der Waals surface area contributed by atoms with Gasteiger partial charge in [0, 0.05) is 25.2 Å². The molecule has 2 aliphatic heterocycles. The van der Waals surface area contributed by atoms with Crippen molar-refractivity contribution in [3.63, 3.8) is 0 Å². The molecular weight excluding hydrogens is 212 g/mol. The molecule has 0 radical (unpaired) electrons. The number of benzene rings is 1. The number of fused-ring (bicyclic) bond motifs is 1. The van der Waals surface area contributed by atoms with Crippen molar-refractivity contribution >= 4 is 0 Å². The molecule has 2 fully saturated rings. The predicted octanol–water partition coefficient (Wildman–Crippen LogP) is 1.35. The van der Waals surface area contributed by atoms with Crippen LogP contribution in [-0.4, -0.2) is 38.2 Å². The van der Waals surface area contributed by atoms with E-state index in [-0.39, 0.29) is 0 Å². The lowest BCUT2D eigenvalue weighted by atomic mass is 10.0. The topological polar surface area (TPSA) is 24.5 Å². The molecule has 0 saturated carbocycles. The fourth-order valence-electron chi connectivity index (χ4n) is 3.16. The van der Waals surface area contributed by atoms with Gasteiger partial charge in [-0.1, -0.05) is 18.2 Å². The Bertz CT molecular complexity index is 382. The van der Waals surface area contributed by atoms with Crippen molar-refractivity contribution in [2.24, 2.45) is 11.8 Å². The van der Waals surface area contributed by atoms with Crippen LogP contribution < -0.4 is 10.1 Å². The van der Waals surface area contributed by atoms with Gasteiger partial charge in [0.2, 0.25) is 0 Å². The second kappa shape index (κ2) is 4.67. The zero-order chi connectivity index (χ0) is 11.7. The van der Waals surface area contributed by atoms with Gasteiger partial charge in [0.05, 0.1) is 7.11 Å². The SMILES string of the molecule is COc1ccccc1CN1C[C@H]2CNC[C@H]2C1. The molecule has 0 amide bonds. The smallest absolute Gasteiger partial charge is 0.123 e. The maximum Gasteiger partial charge on any atom is 0.123 e. The van der Waals surface area contributed by atoms with Gasteiger partial charge in [0.15, 0.2) is 0 Å². The highest BCUT2D eigenvalue weighted by atomic mass is 16.5. The van der Waals surface area contributed by atoms with Crippen molar-refractivity contribution in [1.29, 1.82) is 0 Å². The molecule has 1 aromatic rings. The number of para-hydroxylation sites is 1. The largest absolute Gasteiger partial charge is 0.496 e. The van der Waals surface area contributed by atoms with E-state index < -0.39 is 0 Å². The van der Waals surface area contributed by atoms with Gasteiger partial charge in [-0.2, -0.15) is 0 Å². The number of rotatable bonds is 3. The molecule has 2 saturated heterocycles. The van der Waals surface area contributed by atoms with Crippen molar-refractivity contribution in [3.8, 4) is 5.75 Å². The summed E-state index contributed by atoms with van der Waals surface area (Å²) in [6.07, 6.45) is 0. The quantitative estimate of drug-likeness (QED) is 0.851. The van der Waals surface area contributed by atoms with Crippen LogP contribution in [0.4, 0.5) is 0 Å². The third-order valence-corrected chi connectivity index (χ3v) is 4.05. The number of hydrogen-bond donors (Lipinski definition) is 1. The van der Waals surface area contributed by atoms with E-state index in [9.17, 15) is 0 Å². The van der Waals surface area contributed by atoms with Crippen LogP contribution in [0.15, 0.2) is 24.3 Å². The number of methoxy groups -OCH3 is 1. The molecular formula is C14H20N2O. The second-order valence-corrected chi connectivity index (χ2v) is 5.18. The van der Waals surface area contributed by atoms with E-state index in [2.05, 4.69) is 22.3 Å². The first-order valence-electron chi connectivity index (χ1n) is 6.42. The lowest BCUT2D eigenvalue weighted by Crippen LogP contribution is -2.25. The fraction of sp³-hybridized carbons (Fsp3) is 0.571. The number of likely N-dealkylation sites (tertiary alicyclic amines) is 1. The minimum Gasteiger partial charge on any atom is -0.496 e. The first-order valence-corrected chi connectivity index (χ1v) is 6.42. The Morgan fingerprint density at radius 1 is 1.24 bits per heavy atom. The van der Waals surface area contributed by atoms with Gasteiger partial charge in [-0.25, -0.2) is 0 Å². The summed E-state index contributed by atoms with van der Waals surface area (Å²) in [6, 6.07) is 8.35. The minimum atomic E-state index is 0.865. The number of hydrogen-bond acceptors (Lipinski definition) is 3. The van der Waals surface area contributed by atoms with Crippen LogP contribution in [0.25, 0.3) is 0 Å². The zero-order valence-electron chi connectivity index (χ0n) is 10.4. The van der Waals surface area contributed by atoms with Crippen LogP contribution in [0.3, 0.4) is 0 Å². The van der Waals surface area contributed by atoms with Crippen molar-refractivity contribution in [1.82, 2.24) is 10.2 Å². The standard InChI is InChI=1S/C14H20N2O/c1-17-14-5-3-2-4-11(14)8-16-9-12-6-15-7-13(12)10-16/h2-5,12-13,15H,6-10H2,1H3/t12-,13+. The predicted molar refractivity (Wildman–Crippen MR) is 68.1 cm³/mol. The fourth-order valence-corrected chi connectivity index (χ4v) is 3.16. The van der Waals surface area contributed by atoms with E-state index in [4.69, 9.17) is 4.74 Å². The lowest BCUT2D eigenvalue weighted by molar-refractivity contribution is 0.298. The van der Waals surface area contributed by atoms with E-state index in [0.29, 0.717) is 0 Å². The van der Waals surface area contributed by atoms with Crippen molar-refractivity contribution in [3.05, 3.63) is 29.8 Å². The van der Waals surface area contributed by atoms with Gasteiger partial charge < -0.3 is 10.1 Å². The molecule has 0 unspecified atom stereocenters. The van der Waals surface area contributed by atoms with Crippen LogP contribution >= 0.6 is 0 Å². The van der Waals surface area contributed by atoms with Gasteiger partial charge in [-0.15, -0.1) is 0 Å². The molecule has 1 N–H and O–H groups in total. The molecule has 3 heteroatoms. The van der Waals surface area contributed by atoms with Crippen molar-refractivity contribution in [2.45, 2.75) is 6.54 Å². The monoisotopic (exact) mass is 232 g/mol. The molecule has 92 valence electrons. The van der Waals surface area contributed by atoms with Gasteiger partial charge in [-0.05, 0) is 31.0 Å². The van der Waals surface area contributed by atoms with Crippen molar-refractivity contribution in [2.75, 3.05) is 33.3 Å². The number of ether oxygens (including phenoxy) is 1. The summed E-state index contributed by atoms with van der Waals surface area (Å²) in [5.41, 5.74) is 1.31. The molecule has 2 heterocycles. The molecule has 3 nitrogen and oxygen atoms in total. The summed E-state index contributed by atoms with van der Waals surface area (Å²) in [7, 11) is 1.75. The summed E-state index contributed by atoms with van der Waals surface area (Å²) >= 11 is 0. The molecule has 2 aliphatic rings. The molecule has 0 bridgehead atoms. The minimum absolute atomic E-state index is 0.865. The highest BCUT2D eigenvalue weighted by Crippen LogP contribution is 2.29. The average molecular weight is 232 g/mol. The van der Waals surface area contributed by atoms with Gasteiger partial charge >= 0.3 is 0 Å².